The number of nitrogens with zero attached hydrogens (tertiary/aromatic N) is 5. The predicted molar refractivity (Wildman–Crippen MR) is 124 cm³/mol. The Morgan fingerprint density at radius 2 is 2.26 bits per heavy atom. The van der Waals surface area contributed by atoms with Crippen LogP contribution in [0.25, 0.3) is 16.3 Å². The first-order valence-corrected chi connectivity index (χ1v) is 13.1. The van der Waals surface area contributed by atoms with Crippen LogP contribution >= 0.6 is 11.3 Å². The van der Waals surface area contributed by atoms with Crippen molar-refractivity contribution >= 4 is 32.6 Å². The molecular formula is C20H25F2N7O4S2. The number of aromatic nitrogens is 4. The number of pyridine rings is 1. The molecule has 3 aromatic rings. The summed E-state index contributed by atoms with van der Waals surface area (Å²) >= 11 is 0.646. The second-order valence-electron chi connectivity index (χ2n) is 8.78. The van der Waals surface area contributed by atoms with Crippen LogP contribution in [0.15, 0.2) is 23.3 Å². The summed E-state index contributed by atoms with van der Waals surface area (Å²) in [5, 5.41) is 10.3. The highest BCUT2D eigenvalue weighted by Gasteiger charge is 2.38. The van der Waals surface area contributed by atoms with Crippen molar-refractivity contribution in [1.29, 1.82) is 0 Å². The summed E-state index contributed by atoms with van der Waals surface area (Å²) in [7, 11) is -2.41. The van der Waals surface area contributed by atoms with E-state index in [0.29, 0.717) is 48.8 Å². The van der Waals surface area contributed by atoms with Gasteiger partial charge in [-0.05, 0) is 13.0 Å². The molecule has 2 aliphatic rings. The molecule has 3 aromatic heterocycles. The zero-order valence-corrected chi connectivity index (χ0v) is 20.6. The Balaban J connectivity index is 1.66. The van der Waals surface area contributed by atoms with Crippen LogP contribution in [0.1, 0.15) is 19.7 Å². The van der Waals surface area contributed by atoms with Crippen molar-refractivity contribution in [3.63, 3.8) is 0 Å². The maximum absolute atomic E-state index is 13.4. The number of halogens is 2. The van der Waals surface area contributed by atoms with Crippen LogP contribution in [0.2, 0.25) is 0 Å². The number of imidazole rings is 1. The van der Waals surface area contributed by atoms with E-state index in [0.717, 1.165) is 0 Å². The van der Waals surface area contributed by atoms with Crippen molar-refractivity contribution in [2.75, 3.05) is 51.5 Å². The fourth-order valence-corrected chi connectivity index (χ4v) is 6.23. The van der Waals surface area contributed by atoms with Crippen LogP contribution in [0, 0.1) is 0 Å². The number of fused-ring (bicyclic) bond motifs is 1. The zero-order chi connectivity index (χ0) is 25.7. The maximum Gasteiger partial charge on any atom is 0.291 e. The van der Waals surface area contributed by atoms with Gasteiger partial charge in [0.2, 0.25) is 10.0 Å². The van der Waals surface area contributed by atoms with E-state index in [2.05, 4.69) is 25.2 Å². The summed E-state index contributed by atoms with van der Waals surface area (Å²) in [5.41, 5.74) is 0.0860. The minimum absolute atomic E-state index is 0.0124. The van der Waals surface area contributed by atoms with Crippen LogP contribution in [-0.2, 0) is 19.5 Å². The van der Waals surface area contributed by atoms with Crippen molar-refractivity contribution in [1.82, 2.24) is 29.6 Å². The highest BCUT2D eigenvalue weighted by atomic mass is 32.2. The summed E-state index contributed by atoms with van der Waals surface area (Å²) in [6.45, 7) is 4.35. The van der Waals surface area contributed by atoms with Crippen molar-refractivity contribution in [2.24, 2.45) is 0 Å². The molecule has 0 saturated carbocycles. The normalized spacial score (nSPS) is 20.9. The lowest BCUT2D eigenvalue weighted by molar-refractivity contribution is -0.0523. The van der Waals surface area contributed by atoms with Gasteiger partial charge in [0, 0.05) is 39.0 Å². The number of sulfonamides is 1. The standard InChI is InChI=1S/C20H25F2N7O4S2/c1-20(10-33-11-20)27-35(30,31)13-5-14(28-4-3-23-12(7-28)9-32-2)15-6-24-17(29(15)8-13)19-26-25-18(34-19)16(21)22/h5-6,8,12,16,23,27H,3-4,7,9-11H2,1-2H3/i6D. The van der Waals surface area contributed by atoms with E-state index >= 15 is 0 Å². The Morgan fingerprint density at radius 3 is 2.91 bits per heavy atom. The molecule has 0 radical (unpaired) electrons. The first kappa shape index (κ1) is 23.1. The summed E-state index contributed by atoms with van der Waals surface area (Å²) < 4.78 is 76.3. The lowest BCUT2D eigenvalue weighted by Crippen LogP contribution is -2.59. The van der Waals surface area contributed by atoms with Crippen molar-refractivity contribution < 1.29 is 28.0 Å². The van der Waals surface area contributed by atoms with Gasteiger partial charge in [-0.25, -0.2) is 26.9 Å². The van der Waals surface area contributed by atoms with Gasteiger partial charge >= 0.3 is 0 Å². The van der Waals surface area contributed by atoms with Gasteiger partial charge < -0.3 is 19.7 Å². The van der Waals surface area contributed by atoms with Crippen LogP contribution < -0.4 is 14.9 Å². The SMILES string of the molecule is [2H]c1nc(-c2nnc(C(F)F)s2)n2cc(S(=O)(=O)NC3(C)COC3)cc(N3CCNC(COC)C3)c12. The van der Waals surface area contributed by atoms with E-state index in [4.69, 9.17) is 10.8 Å². The maximum atomic E-state index is 13.4. The fourth-order valence-electron chi connectivity index (χ4n) is 4.15. The number of alkyl halides is 2. The van der Waals surface area contributed by atoms with Gasteiger partial charge in [-0.3, -0.25) is 4.40 Å². The molecule has 0 bridgehead atoms. The van der Waals surface area contributed by atoms with E-state index in [-0.39, 0.29) is 41.2 Å². The summed E-state index contributed by atoms with van der Waals surface area (Å²) in [4.78, 5) is 6.17. The van der Waals surface area contributed by atoms with Gasteiger partial charge in [0.1, 0.15) is 4.90 Å². The van der Waals surface area contributed by atoms with Crippen molar-refractivity contribution in [3.05, 3.63) is 23.4 Å². The molecular weight excluding hydrogens is 504 g/mol. The fraction of sp³-hybridized carbons (Fsp3) is 0.550. The number of ether oxygens (including phenoxy) is 2. The largest absolute Gasteiger partial charge is 0.383 e. The van der Waals surface area contributed by atoms with Gasteiger partial charge in [-0.15, -0.1) is 10.2 Å². The summed E-state index contributed by atoms with van der Waals surface area (Å²) in [6.07, 6.45) is -1.60. The number of methoxy groups -OCH3 is 1. The van der Waals surface area contributed by atoms with E-state index in [9.17, 15) is 17.2 Å². The van der Waals surface area contributed by atoms with Gasteiger partial charge in [0.25, 0.3) is 6.43 Å². The lowest BCUT2D eigenvalue weighted by atomic mass is 10.0. The molecule has 15 heteroatoms. The molecule has 2 aliphatic heterocycles. The topological polar surface area (TPSA) is 123 Å². The molecule has 2 fully saturated rings. The van der Waals surface area contributed by atoms with Crippen LogP contribution in [0.4, 0.5) is 14.5 Å². The quantitative estimate of drug-likeness (QED) is 0.443. The number of nitrogens with one attached hydrogen (secondary N) is 2. The van der Waals surface area contributed by atoms with E-state index in [1.807, 2.05) is 4.90 Å². The third-order valence-electron chi connectivity index (χ3n) is 5.83. The molecule has 190 valence electrons. The molecule has 0 aromatic carbocycles. The highest BCUT2D eigenvalue weighted by Crippen LogP contribution is 2.33. The first-order chi connectivity index (χ1) is 17.1. The Kier molecular flexibility index (Phi) is 6.14. The third-order valence-corrected chi connectivity index (χ3v) is 8.36. The molecule has 0 amide bonds. The smallest absolute Gasteiger partial charge is 0.291 e. The zero-order valence-electron chi connectivity index (χ0n) is 20.0. The Hall–Kier alpha value is -2.30. The molecule has 1 unspecified atom stereocenters. The number of piperazine rings is 1. The molecule has 35 heavy (non-hydrogen) atoms. The van der Waals surface area contributed by atoms with E-state index in [1.54, 1.807) is 14.0 Å². The Bertz CT molecular complexity index is 1380. The van der Waals surface area contributed by atoms with Crippen LogP contribution in [0.5, 0.6) is 0 Å². The summed E-state index contributed by atoms with van der Waals surface area (Å²) in [5.74, 6) is 0.0689. The number of rotatable bonds is 8. The van der Waals surface area contributed by atoms with Gasteiger partial charge in [-0.2, -0.15) is 0 Å². The molecule has 5 heterocycles. The van der Waals surface area contributed by atoms with Crippen LogP contribution in [-0.4, -0.2) is 86.1 Å². The molecule has 0 spiro atoms. The van der Waals surface area contributed by atoms with Gasteiger partial charge in [0.05, 0.1) is 44.1 Å². The van der Waals surface area contributed by atoms with Gasteiger partial charge in [0.15, 0.2) is 15.8 Å². The lowest BCUT2D eigenvalue weighted by Gasteiger charge is -2.38. The first-order valence-electron chi connectivity index (χ1n) is 11.3. The second-order valence-corrected chi connectivity index (χ2v) is 11.5. The molecule has 5 rings (SSSR count). The number of hydrogen-bond acceptors (Lipinski definition) is 10. The molecule has 2 N–H and O–H groups in total. The minimum Gasteiger partial charge on any atom is -0.383 e. The number of anilines is 1. The van der Waals surface area contributed by atoms with E-state index < -0.39 is 27.0 Å². The Labute approximate surface area is 205 Å². The monoisotopic (exact) mass is 530 g/mol. The van der Waals surface area contributed by atoms with E-state index in [1.165, 1.54) is 16.7 Å². The average molecular weight is 531 g/mol. The highest BCUT2D eigenvalue weighted by molar-refractivity contribution is 7.89. The molecule has 0 aliphatic carbocycles. The molecule has 1 atom stereocenters. The Morgan fingerprint density at radius 1 is 1.46 bits per heavy atom. The van der Waals surface area contributed by atoms with Crippen molar-refractivity contribution in [3.8, 4) is 10.8 Å². The predicted octanol–water partition coefficient (Wildman–Crippen LogP) is 1.28. The van der Waals surface area contributed by atoms with Crippen molar-refractivity contribution in [2.45, 2.75) is 29.8 Å². The molecule has 2 saturated heterocycles. The van der Waals surface area contributed by atoms with Gasteiger partial charge in [-0.1, -0.05) is 11.3 Å². The number of hydrogen-bond donors (Lipinski definition) is 2. The third kappa shape index (κ3) is 4.75. The average Bonchev–Trinajstić information content (AvgIpc) is 3.43. The summed E-state index contributed by atoms with van der Waals surface area (Å²) in [6, 6.07) is 1.51. The van der Waals surface area contributed by atoms with Crippen LogP contribution in [0.3, 0.4) is 0 Å². The second kappa shape index (κ2) is 9.29. The molecule has 11 nitrogen and oxygen atoms in total. The minimum atomic E-state index is -4.01.